The minimum atomic E-state index is -0.527. The van der Waals surface area contributed by atoms with Gasteiger partial charge >= 0.3 is 11.9 Å². The van der Waals surface area contributed by atoms with Crippen LogP contribution < -0.4 is 14.4 Å². The number of nitrogens with zero attached hydrogens (tertiary/aromatic N) is 2. The van der Waals surface area contributed by atoms with E-state index in [1.807, 2.05) is 0 Å². The summed E-state index contributed by atoms with van der Waals surface area (Å²) in [6.45, 7) is 3.33. The van der Waals surface area contributed by atoms with E-state index in [1.165, 1.54) is 35.1 Å². The summed E-state index contributed by atoms with van der Waals surface area (Å²) in [5, 5.41) is 0.253. The zero-order valence-corrected chi connectivity index (χ0v) is 21.7. The van der Waals surface area contributed by atoms with Gasteiger partial charge in [0.05, 0.1) is 35.9 Å². The van der Waals surface area contributed by atoms with Crippen LogP contribution in [0.5, 0.6) is 17.2 Å². The molecule has 0 spiro atoms. The minimum absolute atomic E-state index is 0.126. The van der Waals surface area contributed by atoms with Gasteiger partial charge in [-0.1, -0.05) is 23.2 Å². The van der Waals surface area contributed by atoms with Crippen molar-refractivity contribution in [3.8, 4) is 17.2 Å². The summed E-state index contributed by atoms with van der Waals surface area (Å²) in [5.74, 6) is -0.493. The number of methoxy groups -OCH3 is 1. The molecule has 0 aliphatic carbocycles. The SMILES string of the molecule is CCOC(=O)CN(CC(=O)OCC)c1cc(Cl)c(Oc2ccc(OC)c(C(=O)N(C)C)c2)c(Cl)c1. The molecule has 9 nitrogen and oxygen atoms in total. The van der Waals surface area contributed by atoms with Gasteiger partial charge in [0.2, 0.25) is 0 Å². The molecule has 0 radical (unpaired) electrons. The van der Waals surface area contributed by atoms with Crippen molar-refractivity contribution in [3.05, 3.63) is 45.9 Å². The molecule has 190 valence electrons. The number of carbonyl (C=O) groups excluding carboxylic acids is 3. The van der Waals surface area contributed by atoms with E-state index < -0.39 is 11.9 Å². The van der Waals surface area contributed by atoms with Gasteiger partial charge in [-0.2, -0.15) is 0 Å². The molecule has 1 amide bonds. The number of amides is 1. The largest absolute Gasteiger partial charge is 0.496 e. The van der Waals surface area contributed by atoms with Crippen molar-refractivity contribution in [2.45, 2.75) is 13.8 Å². The van der Waals surface area contributed by atoms with Crippen molar-refractivity contribution in [1.29, 1.82) is 0 Å². The van der Waals surface area contributed by atoms with Gasteiger partial charge in [0.25, 0.3) is 5.91 Å². The second kappa shape index (κ2) is 13.1. The topological polar surface area (TPSA) is 94.6 Å². The van der Waals surface area contributed by atoms with Crippen LogP contribution in [0.3, 0.4) is 0 Å². The molecular formula is C24H28Cl2N2O7. The van der Waals surface area contributed by atoms with Gasteiger partial charge in [-0.15, -0.1) is 0 Å². The fraction of sp³-hybridized carbons (Fsp3) is 0.375. The van der Waals surface area contributed by atoms with Gasteiger partial charge in [0.15, 0.2) is 5.75 Å². The van der Waals surface area contributed by atoms with Gasteiger partial charge in [0, 0.05) is 19.8 Å². The Balaban J connectivity index is 2.38. The summed E-state index contributed by atoms with van der Waals surface area (Å²) < 4.78 is 21.2. The monoisotopic (exact) mass is 526 g/mol. The highest BCUT2D eigenvalue weighted by Gasteiger charge is 2.21. The van der Waals surface area contributed by atoms with Crippen molar-refractivity contribution in [2.24, 2.45) is 0 Å². The predicted octanol–water partition coefficient (Wildman–Crippen LogP) is 4.43. The maximum atomic E-state index is 12.5. The standard InChI is InChI=1S/C24H28Cl2N2O7/c1-6-33-21(29)13-28(14-22(30)34-7-2)15-10-18(25)23(19(26)11-15)35-16-8-9-20(32-5)17(12-16)24(31)27(3)4/h8-12H,6-7,13-14H2,1-5H3. The number of halogens is 2. The fourth-order valence-electron chi connectivity index (χ4n) is 3.07. The molecule has 0 atom stereocenters. The molecular weight excluding hydrogens is 499 g/mol. The number of hydrogen-bond acceptors (Lipinski definition) is 8. The lowest BCUT2D eigenvalue weighted by atomic mass is 10.1. The number of hydrogen-bond donors (Lipinski definition) is 0. The summed E-state index contributed by atoms with van der Waals surface area (Å²) in [7, 11) is 4.72. The molecule has 0 fully saturated rings. The first-order valence-corrected chi connectivity index (χ1v) is 11.5. The number of esters is 2. The molecule has 0 saturated carbocycles. The van der Waals surface area contributed by atoms with Crippen molar-refractivity contribution >= 4 is 46.7 Å². The Morgan fingerprint density at radius 2 is 1.43 bits per heavy atom. The highest BCUT2D eigenvalue weighted by molar-refractivity contribution is 6.37. The number of rotatable bonds is 11. The van der Waals surface area contributed by atoms with Crippen LogP contribution in [0, 0.1) is 0 Å². The summed E-state index contributed by atoms with van der Waals surface area (Å²) in [5.41, 5.74) is 0.695. The Hall–Kier alpha value is -3.17. The van der Waals surface area contributed by atoms with E-state index in [2.05, 4.69) is 0 Å². The summed E-state index contributed by atoms with van der Waals surface area (Å²) in [6, 6.07) is 7.76. The summed E-state index contributed by atoms with van der Waals surface area (Å²) >= 11 is 12.9. The molecule has 0 aromatic heterocycles. The average molecular weight is 527 g/mol. The van der Waals surface area contributed by atoms with Crippen LogP contribution in [0.15, 0.2) is 30.3 Å². The third-order valence-electron chi connectivity index (χ3n) is 4.63. The Labute approximate surface area is 214 Å². The van der Waals surface area contributed by atoms with E-state index in [4.69, 9.17) is 42.1 Å². The third-order valence-corrected chi connectivity index (χ3v) is 5.19. The molecule has 2 aromatic rings. The molecule has 0 heterocycles. The Morgan fingerprint density at radius 1 is 0.886 bits per heavy atom. The third kappa shape index (κ3) is 7.66. The number of carbonyl (C=O) groups is 3. The highest BCUT2D eigenvalue weighted by Crippen LogP contribution is 2.40. The van der Waals surface area contributed by atoms with E-state index >= 15 is 0 Å². The van der Waals surface area contributed by atoms with Crippen molar-refractivity contribution < 1.29 is 33.3 Å². The van der Waals surface area contributed by atoms with Crippen molar-refractivity contribution in [1.82, 2.24) is 4.90 Å². The molecule has 0 aliphatic heterocycles. The maximum absolute atomic E-state index is 12.5. The van der Waals surface area contributed by atoms with Gasteiger partial charge in [-0.05, 0) is 44.2 Å². The molecule has 0 saturated heterocycles. The van der Waals surface area contributed by atoms with Crippen molar-refractivity contribution in [2.75, 3.05) is 52.4 Å². The van der Waals surface area contributed by atoms with Gasteiger partial charge in [-0.25, -0.2) is 0 Å². The molecule has 0 unspecified atom stereocenters. The fourth-order valence-corrected chi connectivity index (χ4v) is 3.62. The Kier molecular flexibility index (Phi) is 10.5. The first kappa shape index (κ1) is 28.1. The zero-order valence-electron chi connectivity index (χ0n) is 20.2. The normalized spacial score (nSPS) is 10.4. The van der Waals surface area contributed by atoms with Crippen LogP contribution in [0.25, 0.3) is 0 Å². The van der Waals surface area contributed by atoms with Crippen LogP contribution in [0.1, 0.15) is 24.2 Å². The smallest absolute Gasteiger partial charge is 0.325 e. The quantitative estimate of drug-likeness (QED) is 0.397. The molecule has 35 heavy (non-hydrogen) atoms. The first-order valence-electron chi connectivity index (χ1n) is 10.7. The minimum Gasteiger partial charge on any atom is -0.496 e. The van der Waals surface area contributed by atoms with E-state index in [-0.39, 0.29) is 48.0 Å². The average Bonchev–Trinajstić information content (AvgIpc) is 2.80. The number of benzene rings is 2. The van der Waals surface area contributed by atoms with E-state index in [1.54, 1.807) is 40.1 Å². The van der Waals surface area contributed by atoms with E-state index in [9.17, 15) is 14.4 Å². The number of anilines is 1. The highest BCUT2D eigenvalue weighted by atomic mass is 35.5. The van der Waals surface area contributed by atoms with E-state index in [0.717, 1.165) is 0 Å². The van der Waals surface area contributed by atoms with Crippen LogP contribution in [-0.4, -0.2) is 70.3 Å². The van der Waals surface area contributed by atoms with Crippen LogP contribution in [-0.2, 0) is 19.1 Å². The molecule has 2 rings (SSSR count). The van der Waals surface area contributed by atoms with Crippen LogP contribution in [0.2, 0.25) is 10.0 Å². The summed E-state index contributed by atoms with van der Waals surface area (Å²) in [6.07, 6.45) is 0. The van der Waals surface area contributed by atoms with E-state index in [0.29, 0.717) is 22.7 Å². The Bertz CT molecular complexity index is 1030. The molecule has 0 N–H and O–H groups in total. The first-order chi connectivity index (χ1) is 16.6. The number of ether oxygens (including phenoxy) is 4. The maximum Gasteiger partial charge on any atom is 0.325 e. The lowest BCUT2D eigenvalue weighted by molar-refractivity contribution is -0.142. The molecule has 2 aromatic carbocycles. The second-order valence-corrected chi connectivity index (χ2v) is 8.18. The zero-order chi connectivity index (χ0) is 26.1. The second-order valence-electron chi connectivity index (χ2n) is 7.37. The van der Waals surface area contributed by atoms with Gasteiger partial charge in [-0.3, -0.25) is 14.4 Å². The lowest BCUT2D eigenvalue weighted by Crippen LogP contribution is -2.36. The summed E-state index contributed by atoms with van der Waals surface area (Å²) in [4.78, 5) is 39.5. The predicted molar refractivity (Wildman–Crippen MR) is 133 cm³/mol. The van der Waals surface area contributed by atoms with Crippen LogP contribution >= 0.6 is 23.2 Å². The molecule has 0 aliphatic rings. The molecule has 0 bridgehead atoms. The van der Waals surface area contributed by atoms with Gasteiger partial charge in [0.1, 0.15) is 24.6 Å². The van der Waals surface area contributed by atoms with Crippen LogP contribution in [0.4, 0.5) is 5.69 Å². The molecule has 11 heteroatoms. The lowest BCUT2D eigenvalue weighted by Gasteiger charge is -2.24. The van der Waals surface area contributed by atoms with Gasteiger partial charge < -0.3 is 28.7 Å². The Morgan fingerprint density at radius 3 is 1.89 bits per heavy atom. The van der Waals surface area contributed by atoms with Crippen molar-refractivity contribution in [3.63, 3.8) is 0 Å².